The van der Waals surface area contributed by atoms with E-state index in [4.69, 9.17) is 5.73 Å². The van der Waals surface area contributed by atoms with E-state index in [1.807, 2.05) is 0 Å². The highest BCUT2D eigenvalue weighted by atomic mass is 32.2. The quantitative estimate of drug-likeness (QED) is 0.756. The summed E-state index contributed by atoms with van der Waals surface area (Å²) in [6, 6.07) is 1.23. The van der Waals surface area contributed by atoms with Crippen LogP contribution in [0.2, 0.25) is 0 Å². The zero-order valence-electron chi connectivity index (χ0n) is 9.47. The Balaban J connectivity index is 2.20. The second-order valence-electron chi connectivity index (χ2n) is 4.00. The number of carbonyl (C=O) groups excluding carboxylic acids is 1. The molecule has 2 rings (SSSR count). The standard InChI is InChI=1S/C10H12FN3O3S/c11-8-7(1-2-13-9(8)12)10(15)14-3-5-18(16,17)6-4-14/h1-2H,3-6H2,(H2,12,13). The molecule has 0 unspecified atom stereocenters. The van der Waals surface area contributed by atoms with Gasteiger partial charge in [0.15, 0.2) is 21.5 Å². The van der Waals surface area contributed by atoms with Crippen LogP contribution in [0.4, 0.5) is 10.2 Å². The minimum atomic E-state index is -3.07. The number of halogens is 1. The van der Waals surface area contributed by atoms with Gasteiger partial charge in [-0.05, 0) is 6.07 Å². The number of nitrogen functional groups attached to an aromatic ring is 1. The molecule has 0 aromatic carbocycles. The molecule has 1 saturated heterocycles. The Labute approximate surface area is 104 Å². The van der Waals surface area contributed by atoms with Gasteiger partial charge >= 0.3 is 0 Å². The van der Waals surface area contributed by atoms with E-state index in [2.05, 4.69) is 4.98 Å². The summed E-state index contributed by atoms with van der Waals surface area (Å²) in [6.45, 7) is 0.145. The van der Waals surface area contributed by atoms with Crippen molar-refractivity contribution in [2.24, 2.45) is 0 Å². The van der Waals surface area contributed by atoms with Crippen LogP contribution in [0.3, 0.4) is 0 Å². The van der Waals surface area contributed by atoms with Gasteiger partial charge in [0.2, 0.25) is 0 Å². The van der Waals surface area contributed by atoms with Crippen molar-refractivity contribution in [3.8, 4) is 0 Å². The third kappa shape index (κ3) is 2.42. The van der Waals surface area contributed by atoms with Gasteiger partial charge in [0.05, 0.1) is 17.1 Å². The molecule has 0 saturated carbocycles. The Kier molecular flexibility index (Phi) is 3.20. The van der Waals surface area contributed by atoms with Crippen molar-refractivity contribution in [3.05, 3.63) is 23.6 Å². The summed E-state index contributed by atoms with van der Waals surface area (Å²) < 4.78 is 36.1. The molecule has 0 atom stereocenters. The second kappa shape index (κ2) is 4.52. The number of sulfone groups is 1. The summed E-state index contributed by atoms with van der Waals surface area (Å²) in [6.07, 6.45) is 1.24. The first-order valence-electron chi connectivity index (χ1n) is 5.30. The molecule has 1 aromatic rings. The van der Waals surface area contributed by atoms with Crippen LogP contribution in [0.5, 0.6) is 0 Å². The van der Waals surface area contributed by atoms with Crippen molar-refractivity contribution in [2.75, 3.05) is 30.3 Å². The number of nitrogens with two attached hydrogens (primary N) is 1. The van der Waals surface area contributed by atoms with Crippen molar-refractivity contribution in [3.63, 3.8) is 0 Å². The molecule has 0 spiro atoms. The average molecular weight is 273 g/mol. The number of aromatic nitrogens is 1. The van der Waals surface area contributed by atoms with E-state index in [1.165, 1.54) is 17.2 Å². The van der Waals surface area contributed by atoms with Gasteiger partial charge in [0.25, 0.3) is 5.91 Å². The molecule has 8 heteroatoms. The predicted molar refractivity (Wildman–Crippen MR) is 63.2 cm³/mol. The van der Waals surface area contributed by atoms with Crippen molar-refractivity contribution in [1.29, 1.82) is 0 Å². The van der Waals surface area contributed by atoms with E-state index in [0.717, 1.165) is 0 Å². The summed E-state index contributed by atoms with van der Waals surface area (Å²) in [5, 5.41) is 0. The van der Waals surface area contributed by atoms with Crippen molar-refractivity contribution < 1.29 is 17.6 Å². The highest BCUT2D eigenvalue weighted by Gasteiger charge is 2.27. The number of carbonyl (C=O) groups is 1. The SMILES string of the molecule is Nc1nccc(C(=O)N2CCS(=O)(=O)CC2)c1F. The van der Waals surface area contributed by atoms with Crippen LogP contribution in [0, 0.1) is 5.82 Å². The molecule has 0 aliphatic carbocycles. The van der Waals surface area contributed by atoms with Gasteiger partial charge in [-0.15, -0.1) is 0 Å². The maximum absolute atomic E-state index is 13.6. The molecule has 1 aromatic heterocycles. The first kappa shape index (κ1) is 12.7. The van der Waals surface area contributed by atoms with Crippen LogP contribution in [-0.4, -0.2) is 48.8 Å². The zero-order valence-corrected chi connectivity index (χ0v) is 10.3. The van der Waals surface area contributed by atoms with Crippen LogP contribution in [-0.2, 0) is 9.84 Å². The molecule has 0 radical (unpaired) electrons. The van der Waals surface area contributed by atoms with E-state index < -0.39 is 21.6 Å². The molecule has 98 valence electrons. The van der Waals surface area contributed by atoms with E-state index in [1.54, 1.807) is 0 Å². The van der Waals surface area contributed by atoms with Crippen molar-refractivity contribution >= 4 is 21.6 Å². The second-order valence-corrected chi connectivity index (χ2v) is 6.31. The Bertz CT molecular complexity index is 574. The Morgan fingerprint density at radius 3 is 2.61 bits per heavy atom. The highest BCUT2D eigenvalue weighted by molar-refractivity contribution is 7.91. The lowest BCUT2D eigenvalue weighted by Gasteiger charge is -2.26. The summed E-state index contributed by atoms with van der Waals surface area (Å²) in [4.78, 5) is 16.8. The van der Waals surface area contributed by atoms with Gasteiger partial charge in [-0.3, -0.25) is 4.79 Å². The molecule has 6 nitrogen and oxygen atoms in total. The minimum absolute atomic E-state index is 0.0723. The number of hydrogen-bond donors (Lipinski definition) is 1. The molecule has 2 N–H and O–H groups in total. The zero-order chi connectivity index (χ0) is 13.3. The lowest BCUT2D eigenvalue weighted by atomic mass is 10.2. The summed E-state index contributed by atoms with van der Waals surface area (Å²) in [5.74, 6) is -1.96. The molecule has 1 aliphatic heterocycles. The van der Waals surface area contributed by atoms with Crippen molar-refractivity contribution in [1.82, 2.24) is 9.88 Å². The molecule has 1 fully saturated rings. The minimum Gasteiger partial charge on any atom is -0.381 e. The summed E-state index contributed by atoms with van der Waals surface area (Å²) in [5.41, 5.74) is 5.10. The monoisotopic (exact) mass is 273 g/mol. The first-order valence-corrected chi connectivity index (χ1v) is 7.12. The first-order chi connectivity index (χ1) is 8.41. The smallest absolute Gasteiger partial charge is 0.257 e. The van der Waals surface area contributed by atoms with Crippen LogP contribution < -0.4 is 5.73 Å². The van der Waals surface area contributed by atoms with E-state index in [9.17, 15) is 17.6 Å². The number of amides is 1. The lowest BCUT2D eigenvalue weighted by Crippen LogP contribution is -2.44. The molecular weight excluding hydrogens is 261 g/mol. The fourth-order valence-corrected chi connectivity index (χ4v) is 2.91. The number of anilines is 1. The van der Waals surface area contributed by atoms with Gasteiger partial charge in [-0.25, -0.2) is 17.8 Å². The van der Waals surface area contributed by atoms with Gasteiger partial charge < -0.3 is 10.6 Å². The van der Waals surface area contributed by atoms with Crippen molar-refractivity contribution in [2.45, 2.75) is 0 Å². The van der Waals surface area contributed by atoms with Gasteiger partial charge in [0.1, 0.15) is 0 Å². The van der Waals surface area contributed by atoms with Crippen LogP contribution >= 0.6 is 0 Å². The summed E-state index contributed by atoms with van der Waals surface area (Å²) >= 11 is 0. The molecule has 18 heavy (non-hydrogen) atoms. The maximum Gasteiger partial charge on any atom is 0.257 e. The predicted octanol–water partition coefficient (Wildman–Crippen LogP) is -0.326. The largest absolute Gasteiger partial charge is 0.381 e. The fourth-order valence-electron chi connectivity index (χ4n) is 1.71. The Morgan fingerprint density at radius 1 is 1.39 bits per heavy atom. The van der Waals surface area contributed by atoms with E-state index in [-0.39, 0.29) is 36.0 Å². The molecule has 0 bridgehead atoms. The highest BCUT2D eigenvalue weighted by Crippen LogP contribution is 2.15. The van der Waals surface area contributed by atoms with Gasteiger partial charge in [-0.2, -0.15) is 0 Å². The molecule has 1 amide bonds. The van der Waals surface area contributed by atoms with Crippen LogP contribution in [0.15, 0.2) is 12.3 Å². The Hall–Kier alpha value is -1.70. The van der Waals surface area contributed by atoms with E-state index in [0.29, 0.717) is 0 Å². The molecule has 2 heterocycles. The van der Waals surface area contributed by atoms with Crippen LogP contribution in [0.1, 0.15) is 10.4 Å². The fraction of sp³-hybridized carbons (Fsp3) is 0.400. The van der Waals surface area contributed by atoms with Crippen LogP contribution in [0.25, 0.3) is 0 Å². The number of nitrogens with zero attached hydrogens (tertiary/aromatic N) is 2. The molecule has 1 aliphatic rings. The number of hydrogen-bond acceptors (Lipinski definition) is 5. The molecular formula is C10H12FN3O3S. The topological polar surface area (TPSA) is 93.4 Å². The van der Waals surface area contributed by atoms with Gasteiger partial charge in [0, 0.05) is 19.3 Å². The third-order valence-corrected chi connectivity index (χ3v) is 4.39. The van der Waals surface area contributed by atoms with E-state index >= 15 is 0 Å². The average Bonchev–Trinajstić information content (AvgIpc) is 2.32. The lowest BCUT2D eigenvalue weighted by molar-refractivity contribution is 0.0765. The third-order valence-electron chi connectivity index (χ3n) is 2.78. The Morgan fingerprint density at radius 2 is 2.00 bits per heavy atom. The summed E-state index contributed by atoms with van der Waals surface area (Å²) in [7, 11) is -3.07. The number of rotatable bonds is 1. The normalized spacial score (nSPS) is 18.6. The maximum atomic E-state index is 13.6. The number of pyridine rings is 1. The van der Waals surface area contributed by atoms with Gasteiger partial charge in [-0.1, -0.05) is 0 Å².